The molecule has 0 aliphatic heterocycles. The van der Waals surface area contributed by atoms with Gasteiger partial charge in [0.25, 0.3) is 0 Å². The minimum absolute atomic E-state index is 0.0998. The maximum absolute atomic E-state index is 13.9. The van der Waals surface area contributed by atoms with Crippen LogP contribution in [0.4, 0.5) is 11.4 Å². The van der Waals surface area contributed by atoms with Gasteiger partial charge >= 0.3 is 0 Å². The van der Waals surface area contributed by atoms with Crippen LogP contribution in [0.15, 0.2) is 97.3 Å². The highest BCUT2D eigenvalue weighted by atomic mass is 16.2. The summed E-state index contributed by atoms with van der Waals surface area (Å²) in [7, 11) is 4.10. The second-order valence-electron chi connectivity index (χ2n) is 10.6. The van der Waals surface area contributed by atoms with Gasteiger partial charge in [0.1, 0.15) is 0 Å². The molecule has 5 rings (SSSR count). The normalized spacial score (nSPS) is 13.9. The number of nitrogens with zero attached hydrogens (tertiary/aromatic N) is 3. The van der Waals surface area contributed by atoms with Gasteiger partial charge < -0.3 is 9.80 Å². The summed E-state index contributed by atoms with van der Waals surface area (Å²) in [6.07, 6.45) is 13.2. The molecule has 4 aromatic rings. The first-order valence-electron chi connectivity index (χ1n) is 13.9. The van der Waals surface area contributed by atoms with Gasteiger partial charge in [-0.2, -0.15) is 0 Å². The Morgan fingerprint density at radius 2 is 1.46 bits per heavy atom. The molecule has 0 bridgehead atoms. The number of pyridine rings is 1. The number of rotatable bonds is 8. The van der Waals surface area contributed by atoms with Crippen molar-refractivity contribution < 1.29 is 4.79 Å². The molecule has 1 aliphatic carbocycles. The first-order chi connectivity index (χ1) is 19.1. The van der Waals surface area contributed by atoms with Gasteiger partial charge in [0, 0.05) is 43.8 Å². The molecule has 0 atom stereocenters. The van der Waals surface area contributed by atoms with E-state index in [-0.39, 0.29) is 11.8 Å². The maximum Gasteiger partial charge on any atom is 0.230 e. The standard InChI is InChI=1S/C35H37N3O/c1-37(2)33-21-19-31(20-22-33)30-17-15-29(16-18-30)26-38(35(39)32-10-4-3-5-11-32)34-12-6-8-27(24-34)13-14-28-9-7-23-36-25-28/h6-9,12-25,32H,3-5,10-11,26H2,1-2H3. The number of aromatic nitrogens is 1. The number of benzene rings is 3. The SMILES string of the molecule is CN(C)c1ccc(-c2ccc(CN(C(=O)C3CCCCC3)c3cccc(C=Cc4cccnc4)c3)cc2)cc1. The summed E-state index contributed by atoms with van der Waals surface area (Å²) in [5.41, 5.74) is 7.74. The van der Waals surface area contributed by atoms with E-state index in [0.717, 1.165) is 48.1 Å². The highest BCUT2D eigenvalue weighted by Gasteiger charge is 2.27. The first kappa shape index (κ1) is 26.4. The molecule has 4 nitrogen and oxygen atoms in total. The average Bonchev–Trinajstić information content (AvgIpc) is 3.00. The van der Waals surface area contributed by atoms with Crippen LogP contribution in [0.5, 0.6) is 0 Å². The van der Waals surface area contributed by atoms with Crippen molar-refractivity contribution in [3.63, 3.8) is 0 Å². The van der Waals surface area contributed by atoms with Crippen LogP contribution >= 0.6 is 0 Å². The molecular formula is C35H37N3O. The van der Waals surface area contributed by atoms with Gasteiger partial charge in [0.2, 0.25) is 5.91 Å². The summed E-state index contributed by atoms with van der Waals surface area (Å²) < 4.78 is 0. The topological polar surface area (TPSA) is 36.4 Å². The van der Waals surface area contributed by atoms with E-state index in [1.54, 1.807) is 6.20 Å². The average molecular weight is 516 g/mol. The van der Waals surface area contributed by atoms with E-state index in [1.807, 2.05) is 29.3 Å². The Morgan fingerprint density at radius 3 is 2.13 bits per heavy atom. The summed E-state index contributed by atoms with van der Waals surface area (Å²) in [4.78, 5) is 22.2. The molecule has 1 aromatic heterocycles. The zero-order chi connectivity index (χ0) is 27.0. The smallest absolute Gasteiger partial charge is 0.230 e. The van der Waals surface area contributed by atoms with Crippen molar-refractivity contribution in [1.29, 1.82) is 0 Å². The van der Waals surface area contributed by atoms with Crippen LogP contribution in [0.1, 0.15) is 48.8 Å². The lowest BCUT2D eigenvalue weighted by Crippen LogP contribution is -2.36. The van der Waals surface area contributed by atoms with Crippen LogP contribution in [0.2, 0.25) is 0 Å². The molecule has 1 aliphatic rings. The molecule has 1 heterocycles. The number of hydrogen-bond donors (Lipinski definition) is 0. The third-order valence-corrected chi connectivity index (χ3v) is 7.57. The van der Waals surface area contributed by atoms with Gasteiger partial charge in [-0.15, -0.1) is 0 Å². The molecule has 4 heteroatoms. The van der Waals surface area contributed by atoms with Crippen molar-refractivity contribution in [2.75, 3.05) is 23.9 Å². The van der Waals surface area contributed by atoms with Crippen LogP contribution in [0.25, 0.3) is 23.3 Å². The second-order valence-corrected chi connectivity index (χ2v) is 10.6. The van der Waals surface area contributed by atoms with E-state index in [4.69, 9.17) is 0 Å². The molecule has 0 spiro atoms. The second kappa shape index (κ2) is 12.6. The Hall–Kier alpha value is -4.18. The molecule has 0 saturated heterocycles. The number of amides is 1. The summed E-state index contributed by atoms with van der Waals surface area (Å²) in [5.74, 6) is 0.342. The van der Waals surface area contributed by atoms with E-state index in [0.29, 0.717) is 6.54 Å². The fourth-order valence-electron chi connectivity index (χ4n) is 5.27. The first-order valence-corrected chi connectivity index (χ1v) is 13.9. The van der Waals surface area contributed by atoms with Crippen molar-refractivity contribution in [2.24, 2.45) is 5.92 Å². The van der Waals surface area contributed by atoms with E-state index in [2.05, 4.69) is 103 Å². The van der Waals surface area contributed by atoms with Crippen LogP contribution in [0.3, 0.4) is 0 Å². The Labute approximate surface area is 232 Å². The van der Waals surface area contributed by atoms with Gasteiger partial charge in [-0.3, -0.25) is 9.78 Å². The van der Waals surface area contributed by atoms with E-state index in [9.17, 15) is 4.79 Å². The molecule has 0 radical (unpaired) electrons. The molecule has 0 unspecified atom stereocenters. The number of carbonyl (C=O) groups is 1. The van der Waals surface area contributed by atoms with Gasteiger partial charge in [-0.25, -0.2) is 0 Å². The molecule has 3 aromatic carbocycles. The molecule has 198 valence electrons. The van der Waals surface area contributed by atoms with Gasteiger partial charge in [-0.1, -0.05) is 86.0 Å². The minimum Gasteiger partial charge on any atom is -0.378 e. The van der Waals surface area contributed by atoms with Gasteiger partial charge in [0.05, 0.1) is 6.54 Å². The van der Waals surface area contributed by atoms with E-state index < -0.39 is 0 Å². The Bertz CT molecular complexity index is 1390. The molecule has 1 fully saturated rings. The maximum atomic E-state index is 13.9. The fourth-order valence-corrected chi connectivity index (χ4v) is 5.27. The highest BCUT2D eigenvalue weighted by molar-refractivity contribution is 5.95. The van der Waals surface area contributed by atoms with Crippen LogP contribution in [0, 0.1) is 5.92 Å². The van der Waals surface area contributed by atoms with Crippen molar-refractivity contribution >= 4 is 29.4 Å². The predicted molar refractivity (Wildman–Crippen MR) is 164 cm³/mol. The molecule has 1 amide bonds. The lowest BCUT2D eigenvalue weighted by Gasteiger charge is -2.30. The fraction of sp³-hybridized carbons (Fsp3) is 0.257. The number of carbonyl (C=O) groups excluding carboxylic acids is 1. The van der Waals surface area contributed by atoms with E-state index >= 15 is 0 Å². The third kappa shape index (κ3) is 6.83. The lowest BCUT2D eigenvalue weighted by molar-refractivity contribution is -0.123. The van der Waals surface area contributed by atoms with E-state index in [1.165, 1.54) is 23.2 Å². The molecule has 1 saturated carbocycles. The predicted octanol–water partition coefficient (Wildman–Crippen LogP) is 8.10. The highest BCUT2D eigenvalue weighted by Crippen LogP contribution is 2.30. The molecule has 0 N–H and O–H groups in total. The van der Waals surface area contributed by atoms with Crippen LogP contribution in [-0.2, 0) is 11.3 Å². The minimum atomic E-state index is 0.0998. The Kier molecular flexibility index (Phi) is 8.52. The zero-order valence-electron chi connectivity index (χ0n) is 23.0. The van der Waals surface area contributed by atoms with Crippen molar-refractivity contribution in [3.05, 3.63) is 114 Å². The zero-order valence-corrected chi connectivity index (χ0v) is 23.0. The molecular weight excluding hydrogens is 478 g/mol. The quantitative estimate of drug-likeness (QED) is 0.238. The van der Waals surface area contributed by atoms with Gasteiger partial charge in [-0.05, 0) is 71.0 Å². The monoisotopic (exact) mass is 515 g/mol. The van der Waals surface area contributed by atoms with Crippen LogP contribution < -0.4 is 9.80 Å². The largest absolute Gasteiger partial charge is 0.378 e. The summed E-state index contributed by atoms with van der Waals surface area (Å²) in [6.45, 7) is 0.560. The Morgan fingerprint density at radius 1 is 0.795 bits per heavy atom. The summed E-state index contributed by atoms with van der Waals surface area (Å²) in [5, 5.41) is 0. The summed E-state index contributed by atoms with van der Waals surface area (Å²) >= 11 is 0. The lowest BCUT2D eigenvalue weighted by atomic mass is 9.88. The molecule has 39 heavy (non-hydrogen) atoms. The van der Waals surface area contributed by atoms with Gasteiger partial charge in [0.15, 0.2) is 0 Å². The third-order valence-electron chi connectivity index (χ3n) is 7.57. The number of hydrogen-bond acceptors (Lipinski definition) is 3. The Balaban J connectivity index is 1.39. The van der Waals surface area contributed by atoms with Crippen molar-refractivity contribution in [3.8, 4) is 11.1 Å². The van der Waals surface area contributed by atoms with Crippen molar-refractivity contribution in [1.82, 2.24) is 4.98 Å². The van der Waals surface area contributed by atoms with Crippen LogP contribution in [-0.4, -0.2) is 25.0 Å². The number of anilines is 2. The summed E-state index contributed by atoms with van der Waals surface area (Å²) in [6, 6.07) is 29.5. The van der Waals surface area contributed by atoms with Crippen molar-refractivity contribution in [2.45, 2.75) is 38.6 Å².